The van der Waals surface area contributed by atoms with Crippen LogP contribution in [0.2, 0.25) is 0 Å². The second-order valence-corrected chi connectivity index (χ2v) is 1.86. The van der Waals surface area contributed by atoms with Gasteiger partial charge in [0.05, 0.1) is 0 Å². The van der Waals surface area contributed by atoms with E-state index in [-0.39, 0.29) is 0 Å². The first-order chi connectivity index (χ1) is 6.16. The van der Waals surface area contributed by atoms with Crippen molar-refractivity contribution in [3.05, 3.63) is 36.5 Å². The van der Waals surface area contributed by atoms with E-state index in [9.17, 15) is 18.1 Å². The molecular weight excluding hydrogens is 185 g/mol. The van der Waals surface area contributed by atoms with Crippen molar-refractivity contribution in [1.82, 2.24) is 0 Å². The topological polar surface area (TPSA) is 26.3 Å². The minimum absolute atomic E-state index is 0.664. The first-order valence-corrected chi connectivity index (χ1v) is 3.29. The van der Waals surface area contributed by atoms with Gasteiger partial charge in [-0.15, -0.1) is 0 Å². The largest absolute Gasteiger partial charge is 0.372 e. The van der Waals surface area contributed by atoms with Crippen LogP contribution >= 0.6 is 0 Å². The molecule has 0 aromatic rings. The lowest BCUT2D eigenvalue weighted by molar-refractivity contribution is -0.176. The summed E-state index contributed by atoms with van der Waals surface area (Å²) < 4.78 is 34.0. The molecule has 0 spiro atoms. The van der Waals surface area contributed by atoms with Gasteiger partial charge in [0.1, 0.15) is 0 Å². The van der Waals surface area contributed by atoms with Gasteiger partial charge in [-0.3, -0.25) is 4.94 Å². The average Bonchev–Trinajstić information content (AvgIpc) is 2.10. The Balaban J connectivity index is 3.75. The number of allylic oxidation sites excluding steroid dienone is 5. The van der Waals surface area contributed by atoms with E-state index in [4.69, 9.17) is 0 Å². The Morgan fingerprint density at radius 1 is 1.15 bits per heavy atom. The van der Waals surface area contributed by atoms with Gasteiger partial charge in [-0.05, 0) is 6.08 Å². The molecule has 0 amide bonds. The molecule has 2 nitrogen and oxygen atoms in total. The van der Waals surface area contributed by atoms with E-state index in [1.807, 2.05) is 0 Å². The Hall–Kier alpha value is -1.52. The van der Waals surface area contributed by atoms with Crippen LogP contribution in [0.25, 0.3) is 0 Å². The van der Waals surface area contributed by atoms with Crippen molar-refractivity contribution < 1.29 is 23.0 Å². The average molecular weight is 192 g/mol. The van der Waals surface area contributed by atoms with E-state index < -0.39 is 12.4 Å². The highest BCUT2D eigenvalue weighted by molar-refractivity contribution is 5.81. The van der Waals surface area contributed by atoms with Crippen LogP contribution in [-0.4, -0.2) is 12.4 Å². The molecule has 0 saturated heterocycles. The fourth-order valence-corrected chi connectivity index (χ4v) is 0.436. The summed E-state index contributed by atoms with van der Waals surface area (Å²) in [6.07, 6.45) is 3.80. The third-order valence-corrected chi connectivity index (χ3v) is 0.898. The maximum Gasteiger partial charge on any atom is 0.372 e. The molecule has 0 aliphatic carbocycles. The fraction of sp³-hybridized carbons (Fsp3) is 0.125. The molecule has 0 heterocycles. The number of hydrogen-bond donors (Lipinski definition) is 0. The van der Waals surface area contributed by atoms with Crippen LogP contribution in [0.3, 0.4) is 0 Å². The van der Waals surface area contributed by atoms with Crippen molar-refractivity contribution in [2.45, 2.75) is 6.43 Å². The van der Waals surface area contributed by atoms with Crippen LogP contribution in [-0.2, 0) is 9.74 Å². The van der Waals surface area contributed by atoms with E-state index in [1.165, 1.54) is 12.2 Å². The lowest BCUT2D eigenvalue weighted by atomic mass is 10.4. The summed E-state index contributed by atoms with van der Waals surface area (Å²) in [6.45, 7) is 0. The molecule has 0 aromatic heterocycles. The summed E-state index contributed by atoms with van der Waals surface area (Å²) >= 11 is 0. The van der Waals surface area contributed by atoms with Crippen LogP contribution < -0.4 is 0 Å². The smallest absolute Gasteiger partial charge is 0.250 e. The van der Waals surface area contributed by atoms with Gasteiger partial charge >= 0.3 is 5.97 Å². The Morgan fingerprint density at radius 2 is 1.77 bits per heavy atom. The Kier molecular flexibility index (Phi) is 6.31. The Labute approximate surface area is 72.9 Å². The summed E-state index contributed by atoms with van der Waals surface area (Å²) in [4.78, 5) is 12.9. The zero-order valence-electron chi connectivity index (χ0n) is 6.49. The number of carbonyl (C=O) groups excluding carboxylic acids is 1. The van der Waals surface area contributed by atoms with Crippen LogP contribution in [0.15, 0.2) is 36.5 Å². The molecule has 0 aliphatic heterocycles. The van der Waals surface area contributed by atoms with Gasteiger partial charge in [-0.1, -0.05) is 24.3 Å². The lowest BCUT2D eigenvalue weighted by Gasteiger charge is -1.81. The van der Waals surface area contributed by atoms with Crippen molar-refractivity contribution >= 4 is 5.97 Å². The van der Waals surface area contributed by atoms with Crippen LogP contribution in [0, 0.1) is 0 Å². The molecule has 0 rings (SSSR count). The molecule has 0 N–H and O–H groups in total. The molecular formula is C8H7F3O2. The molecule has 13 heavy (non-hydrogen) atoms. The number of carbonyl (C=O) groups is 1. The maximum atomic E-state index is 11.5. The van der Waals surface area contributed by atoms with Gasteiger partial charge in [-0.2, -0.15) is 0 Å². The summed E-state index contributed by atoms with van der Waals surface area (Å²) in [5.41, 5.74) is 0. The Morgan fingerprint density at radius 3 is 2.31 bits per heavy atom. The SMILES string of the molecule is O=C(C=CC=CC=CC(F)F)OF. The molecule has 0 fully saturated rings. The predicted octanol–water partition coefficient (Wildman–Crippen LogP) is 2.35. The first-order valence-electron chi connectivity index (χ1n) is 3.29. The molecule has 0 aromatic carbocycles. The third-order valence-electron chi connectivity index (χ3n) is 0.898. The van der Waals surface area contributed by atoms with E-state index >= 15 is 0 Å². The highest BCUT2D eigenvalue weighted by Gasteiger charge is 1.91. The maximum absolute atomic E-state index is 11.5. The molecule has 0 bridgehead atoms. The predicted molar refractivity (Wildman–Crippen MR) is 40.6 cm³/mol. The second kappa shape index (κ2) is 7.15. The minimum Gasteiger partial charge on any atom is -0.250 e. The van der Waals surface area contributed by atoms with Crippen LogP contribution in [0.1, 0.15) is 0 Å². The summed E-state index contributed by atoms with van der Waals surface area (Å²) in [5, 5.41) is 0. The quantitative estimate of drug-likeness (QED) is 0.504. The number of hydrogen-bond acceptors (Lipinski definition) is 2. The van der Waals surface area contributed by atoms with E-state index in [0.717, 1.165) is 18.2 Å². The van der Waals surface area contributed by atoms with E-state index in [2.05, 4.69) is 4.94 Å². The summed E-state index contributed by atoms with van der Waals surface area (Å²) in [5.74, 6) is -1.15. The number of alkyl halides is 2. The first kappa shape index (κ1) is 11.5. The summed E-state index contributed by atoms with van der Waals surface area (Å²) in [6, 6.07) is 0. The Bertz CT molecular complexity index is 232. The van der Waals surface area contributed by atoms with Crippen LogP contribution in [0.4, 0.5) is 13.3 Å². The lowest BCUT2D eigenvalue weighted by Crippen LogP contribution is -1.88. The van der Waals surface area contributed by atoms with Crippen molar-refractivity contribution in [1.29, 1.82) is 0 Å². The standard InChI is InChI=1S/C8H7F3O2/c9-7(10)5-3-1-2-4-6-8(12)13-11/h1-7H. The molecule has 0 saturated carbocycles. The number of halogens is 3. The van der Waals surface area contributed by atoms with Crippen molar-refractivity contribution in [3.8, 4) is 0 Å². The molecule has 0 aliphatic rings. The van der Waals surface area contributed by atoms with Gasteiger partial charge < -0.3 is 0 Å². The van der Waals surface area contributed by atoms with Gasteiger partial charge in [0, 0.05) is 10.6 Å². The van der Waals surface area contributed by atoms with Gasteiger partial charge in [0.25, 0.3) is 6.43 Å². The fourth-order valence-electron chi connectivity index (χ4n) is 0.436. The number of rotatable bonds is 4. The van der Waals surface area contributed by atoms with Crippen molar-refractivity contribution in [2.75, 3.05) is 0 Å². The van der Waals surface area contributed by atoms with E-state index in [1.54, 1.807) is 0 Å². The zero-order valence-corrected chi connectivity index (χ0v) is 6.49. The summed E-state index contributed by atoms with van der Waals surface area (Å²) in [7, 11) is 0. The van der Waals surface area contributed by atoms with E-state index in [0.29, 0.717) is 6.08 Å². The van der Waals surface area contributed by atoms with Gasteiger partial charge in [0.2, 0.25) is 0 Å². The molecule has 72 valence electrons. The highest BCUT2D eigenvalue weighted by Crippen LogP contribution is 1.93. The molecule has 0 atom stereocenters. The monoisotopic (exact) mass is 192 g/mol. The molecule has 0 unspecified atom stereocenters. The minimum atomic E-state index is -2.51. The normalized spacial score (nSPS) is 12.3. The van der Waals surface area contributed by atoms with Gasteiger partial charge in [-0.25, -0.2) is 13.6 Å². The highest BCUT2D eigenvalue weighted by atomic mass is 19.3. The third kappa shape index (κ3) is 8.39. The molecule has 0 radical (unpaired) electrons. The second-order valence-electron chi connectivity index (χ2n) is 1.86. The van der Waals surface area contributed by atoms with Gasteiger partial charge in [0.15, 0.2) is 0 Å². The van der Waals surface area contributed by atoms with Crippen molar-refractivity contribution in [3.63, 3.8) is 0 Å². The molecule has 5 heteroatoms. The zero-order chi connectivity index (χ0) is 10.1. The van der Waals surface area contributed by atoms with Crippen LogP contribution in [0.5, 0.6) is 0 Å². The van der Waals surface area contributed by atoms with Crippen molar-refractivity contribution in [2.24, 2.45) is 0 Å².